The van der Waals surface area contributed by atoms with Gasteiger partial charge in [0.05, 0.1) is 45.0 Å². The number of likely N-dealkylation sites (tertiary alicyclic amines) is 1. The molecule has 0 radical (unpaired) electrons. The number of aromatic nitrogens is 6. The average Bonchev–Trinajstić information content (AvgIpc) is 1.48. The third-order valence-corrected chi connectivity index (χ3v) is 32.2. The van der Waals surface area contributed by atoms with Gasteiger partial charge in [0.15, 0.2) is 15.4 Å². The standard InChI is InChI=1S/C27H32F2N6O3S3.C26H30F2N6O4S3.C25H30F2N6O3S3.3CH4/c1-34-12-3-4-18(34)11-15-39-22-8-7-19(16-31-22)41(37,38)35-13-9-17(10-14-35)32-27-33-26(30)25(40-27)24(36)23-20(28)5-2-6-21(23)29;27-19-2-1-3-20(28)22(19)23(35)24-25(29)32-26(40-24)31-17-6-8-34(9-7-17)41(36,37)18-4-5-21(30-16-18)39-15-12-33-10-13-38-14-11-33;1-32(2)11-4-14-37-20-8-7-17(15-29-20)39(35,36)33-12-9-16(10-13-33)30-25-31-24(28)23(38-25)22(34)21-18(26)5-3-6-19(21)27;;;/h2,5-8,16-18H,3-4,9-15,30H2,1H3,(H,32,33);1-5,16-17H,6-15,29H2,(H,31,32);3,5-8,15-16H,4,9-14,28H2,1-2H3,(H,30,31);3*1H4. The van der Waals surface area contributed by atoms with Gasteiger partial charge in [0.2, 0.25) is 47.4 Å². The van der Waals surface area contributed by atoms with Gasteiger partial charge in [0, 0.05) is 119 Å². The van der Waals surface area contributed by atoms with Gasteiger partial charge in [-0.15, -0.1) is 35.3 Å². The Hall–Kier alpha value is -7.99. The maximum atomic E-state index is 14.1. The van der Waals surface area contributed by atoms with Crippen LogP contribution < -0.4 is 33.2 Å². The van der Waals surface area contributed by atoms with Crippen LogP contribution in [0, 0.1) is 34.9 Å². The van der Waals surface area contributed by atoms with Gasteiger partial charge >= 0.3 is 0 Å². The molecule has 9 N–H and O–H groups in total. The lowest BCUT2D eigenvalue weighted by Crippen LogP contribution is -2.42. The molecule has 11 heterocycles. The summed E-state index contributed by atoms with van der Waals surface area (Å²) in [5.41, 5.74) is 15.6. The van der Waals surface area contributed by atoms with Crippen LogP contribution in [-0.4, -0.2) is 248 Å². The van der Waals surface area contributed by atoms with Gasteiger partial charge in [-0.2, -0.15) is 12.9 Å². The van der Waals surface area contributed by atoms with Crippen molar-refractivity contribution in [3.8, 4) is 0 Å². The zero-order valence-corrected chi connectivity index (χ0v) is 73.6. The molecule has 28 nitrogen and oxygen atoms in total. The van der Waals surface area contributed by atoms with E-state index in [4.69, 9.17) is 21.9 Å². The Morgan fingerprint density at radius 3 is 1.09 bits per heavy atom. The number of nitrogen functional groups attached to an aromatic ring is 3. The lowest BCUT2D eigenvalue weighted by atomic mass is 10.1. The number of nitrogens with one attached hydrogen (secondary N) is 3. The Kier molecular flexibility index (Phi) is 36.7. The van der Waals surface area contributed by atoms with Crippen LogP contribution in [0.15, 0.2) is 139 Å². The van der Waals surface area contributed by atoms with E-state index in [9.17, 15) is 66.0 Å². The smallest absolute Gasteiger partial charge is 0.244 e. The topological polar surface area (TPSA) is 374 Å². The number of hydrogen-bond acceptors (Lipinski definition) is 31. The third-order valence-electron chi connectivity index (χ3n) is 20.7. The Balaban J connectivity index is 0.000000208. The van der Waals surface area contributed by atoms with Crippen LogP contribution in [0.1, 0.15) is 132 Å². The number of nitrogens with two attached hydrogens (primary N) is 3. The van der Waals surface area contributed by atoms with E-state index >= 15 is 0 Å². The molecule has 0 amide bonds. The largest absolute Gasteiger partial charge is 0.382 e. The van der Waals surface area contributed by atoms with Crippen LogP contribution >= 0.6 is 69.3 Å². The van der Waals surface area contributed by atoms with E-state index in [-0.39, 0.29) is 113 Å². The van der Waals surface area contributed by atoms with Crippen LogP contribution in [0.5, 0.6) is 0 Å². The minimum atomic E-state index is -3.70. The third kappa shape index (κ3) is 25.5. The van der Waals surface area contributed by atoms with E-state index in [0.717, 1.165) is 162 Å². The SMILES string of the molecule is C.C.C.CN(C)CCCSc1ccc(S(=O)(=O)N2CCC(Nc3nc(N)c(C(=O)c4c(F)cccc4F)s3)CC2)cn1.CN1CCCC1CCSc1ccc(S(=O)(=O)N2CCC(Nc3nc(N)c(C(=O)c4c(F)cccc4F)s3)CC2)cn1.Nc1nc(NC2CCN(S(=O)(=O)c3ccc(SCCN4CCOCC4)nc3)CC2)sc1C(=O)c1c(F)cccc1F. The minimum Gasteiger partial charge on any atom is -0.382 e. The Bertz CT molecular complexity index is 5370. The van der Waals surface area contributed by atoms with Crippen molar-refractivity contribution in [3.63, 3.8) is 0 Å². The maximum Gasteiger partial charge on any atom is 0.244 e. The highest BCUT2D eigenvalue weighted by molar-refractivity contribution is 7.99. The number of carbonyl (C=O) groups excluding carboxylic acids is 3. The van der Waals surface area contributed by atoms with Gasteiger partial charge in [0.25, 0.3) is 0 Å². The van der Waals surface area contributed by atoms with Crippen LogP contribution in [0.2, 0.25) is 0 Å². The molecule has 14 rings (SSSR count). The number of ether oxygens (including phenoxy) is 1. The van der Waals surface area contributed by atoms with Gasteiger partial charge in [-0.3, -0.25) is 19.3 Å². The van der Waals surface area contributed by atoms with E-state index in [1.165, 1.54) is 62.5 Å². The van der Waals surface area contributed by atoms with Crippen molar-refractivity contribution >= 4 is 150 Å². The van der Waals surface area contributed by atoms with Crippen LogP contribution in [0.4, 0.5) is 59.2 Å². The molecule has 1 unspecified atom stereocenters. The molecule has 1 atom stereocenters. The summed E-state index contributed by atoms with van der Waals surface area (Å²) in [5, 5.41) is 12.9. The Morgan fingerprint density at radius 2 is 0.790 bits per heavy atom. The number of ketones is 3. The molecule has 5 fully saturated rings. The van der Waals surface area contributed by atoms with Crippen molar-refractivity contribution in [2.24, 2.45) is 0 Å². The van der Waals surface area contributed by atoms with Gasteiger partial charge < -0.3 is 47.7 Å². The van der Waals surface area contributed by atoms with Crippen molar-refractivity contribution in [3.05, 3.63) is 176 Å². The molecule has 6 aromatic heterocycles. The fraction of sp³-hybridized carbons (Fsp3) is 0.444. The van der Waals surface area contributed by atoms with Crippen LogP contribution in [-0.2, 0) is 34.8 Å². The summed E-state index contributed by atoms with van der Waals surface area (Å²) in [5.74, 6) is -6.12. The number of nitrogens with zero attached hydrogens (tertiary/aromatic N) is 12. The molecular weight excluding hydrogens is 1790 g/mol. The molecule has 5 saturated heterocycles. The fourth-order valence-corrected chi connectivity index (χ4v) is 23.5. The normalized spacial score (nSPS) is 16.8. The number of thiazole rings is 3. The summed E-state index contributed by atoms with van der Waals surface area (Å²) >= 11 is 7.57. The molecule has 0 aliphatic carbocycles. The van der Waals surface area contributed by atoms with E-state index in [1.54, 1.807) is 71.7 Å². The van der Waals surface area contributed by atoms with Crippen molar-refractivity contribution in [1.29, 1.82) is 0 Å². The van der Waals surface area contributed by atoms with Gasteiger partial charge in [-0.25, -0.2) is 81.5 Å². The second-order valence-electron chi connectivity index (χ2n) is 29.2. The molecule has 5 aliphatic heterocycles. The van der Waals surface area contributed by atoms with Gasteiger partial charge in [-0.1, -0.05) is 74.5 Å². The number of rotatable bonds is 31. The molecule has 3 aromatic carbocycles. The van der Waals surface area contributed by atoms with Crippen molar-refractivity contribution in [2.75, 3.05) is 157 Å². The molecule has 5 aliphatic rings. The number of benzene rings is 3. The number of pyridine rings is 3. The first-order valence-corrected chi connectivity index (χ1v) is 48.6. The monoisotopic (exact) mass is 1890 g/mol. The molecule has 674 valence electrons. The first-order chi connectivity index (χ1) is 57.9. The summed E-state index contributed by atoms with van der Waals surface area (Å²) in [7, 11) is -4.88. The first kappa shape index (κ1) is 99.8. The van der Waals surface area contributed by atoms with Crippen LogP contribution in [0.25, 0.3) is 0 Å². The molecule has 0 bridgehead atoms. The number of piperidine rings is 3. The highest BCUT2D eigenvalue weighted by atomic mass is 32.2. The number of hydrogen-bond donors (Lipinski definition) is 6. The van der Waals surface area contributed by atoms with Crippen molar-refractivity contribution < 1.29 is 70.7 Å². The first-order valence-electron chi connectivity index (χ1n) is 38.9. The molecule has 9 aromatic rings. The van der Waals surface area contributed by atoms with E-state index in [1.807, 2.05) is 14.1 Å². The second kappa shape index (κ2) is 45.6. The average molecular weight is 1890 g/mol. The molecule has 0 saturated carbocycles. The van der Waals surface area contributed by atoms with Gasteiger partial charge in [-0.05, 0) is 171 Å². The molecule has 124 heavy (non-hydrogen) atoms. The van der Waals surface area contributed by atoms with Crippen molar-refractivity contribution in [1.82, 2.24) is 57.5 Å². The number of sulfonamides is 3. The number of thioether (sulfide) groups is 3. The summed E-state index contributed by atoms with van der Waals surface area (Å²) in [6, 6.07) is 19.9. The zero-order chi connectivity index (χ0) is 86.3. The lowest BCUT2D eigenvalue weighted by Gasteiger charge is -2.31. The molecular formula is C81H104F6N18O10S9. The highest BCUT2D eigenvalue weighted by Gasteiger charge is 2.36. The molecule has 43 heteroatoms. The highest BCUT2D eigenvalue weighted by Crippen LogP contribution is 2.37. The summed E-state index contributed by atoms with van der Waals surface area (Å²) in [6.07, 6.45) is 11.8. The van der Waals surface area contributed by atoms with E-state index in [2.05, 4.69) is 67.6 Å². The fourth-order valence-electron chi connectivity index (χ4n) is 14.0. The quantitative estimate of drug-likeness (QED) is 0.0102. The number of carbonyl (C=O) groups is 3. The maximum absolute atomic E-state index is 14.1. The number of halogens is 6. The predicted molar refractivity (Wildman–Crippen MR) is 481 cm³/mol. The minimum absolute atomic E-state index is 0. The summed E-state index contributed by atoms with van der Waals surface area (Å²) in [4.78, 5) is 70.8. The number of anilines is 6. The van der Waals surface area contributed by atoms with Crippen molar-refractivity contribution in [2.45, 2.75) is 140 Å². The predicted octanol–water partition coefficient (Wildman–Crippen LogP) is 13.6. The second-order valence-corrected chi connectivity index (χ2v) is 41.3. The van der Waals surface area contributed by atoms with Gasteiger partial charge in [0.1, 0.15) is 81.7 Å². The zero-order valence-electron chi connectivity index (χ0n) is 66.2. The summed E-state index contributed by atoms with van der Waals surface area (Å²) < 4.78 is 173. The number of morpholine rings is 1. The van der Waals surface area contributed by atoms with E-state index in [0.29, 0.717) is 73.1 Å². The summed E-state index contributed by atoms with van der Waals surface area (Å²) in [6.45, 7) is 8.12. The van der Waals surface area contributed by atoms with E-state index < -0.39 is 99.0 Å². The molecule has 0 spiro atoms. The Labute approximate surface area is 745 Å². The lowest BCUT2D eigenvalue weighted by molar-refractivity contribution is 0.0410. The Morgan fingerprint density at radius 1 is 0.468 bits per heavy atom. The van der Waals surface area contributed by atoms with Crippen LogP contribution in [0.3, 0.4) is 0 Å².